The van der Waals surface area contributed by atoms with Gasteiger partial charge in [-0.25, -0.2) is 0 Å². The van der Waals surface area contributed by atoms with E-state index in [0.717, 1.165) is 30.9 Å². The Labute approximate surface area is 133 Å². The van der Waals surface area contributed by atoms with Crippen molar-refractivity contribution in [1.82, 2.24) is 9.80 Å². The molecule has 0 N–H and O–H groups in total. The van der Waals surface area contributed by atoms with Crippen LogP contribution in [0.3, 0.4) is 0 Å². The molecule has 1 aromatic carbocycles. The fourth-order valence-corrected chi connectivity index (χ4v) is 2.63. The summed E-state index contributed by atoms with van der Waals surface area (Å²) in [5.41, 5.74) is 1.14. The molecule has 0 atom stereocenters. The predicted octanol–water partition coefficient (Wildman–Crippen LogP) is 2.55. The molecule has 22 heavy (non-hydrogen) atoms. The van der Waals surface area contributed by atoms with Gasteiger partial charge in [-0.1, -0.05) is 24.3 Å². The van der Waals surface area contributed by atoms with Crippen LogP contribution in [0.25, 0.3) is 0 Å². The van der Waals surface area contributed by atoms with E-state index in [4.69, 9.17) is 4.74 Å². The van der Waals surface area contributed by atoms with Gasteiger partial charge in [0.2, 0.25) is 0 Å². The van der Waals surface area contributed by atoms with Crippen LogP contribution in [-0.4, -0.2) is 49.5 Å². The average molecular weight is 302 g/mol. The number of amides is 1. The lowest BCUT2D eigenvalue weighted by atomic mass is 9.97. The second-order valence-corrected chi connectivity index (χ2v) is 6.03. The third-order valence-electron chi connectivity index (χ3n) is 4.18. The molecule has 1 heterocycles. The average Bonchev–Trinajstić information content (AvgIpc) is 2.54. The molecule has 0 radical (unpaired) electrons. The normalized spacial score (nSPS) is 16.3. The van der Waals surface area contributed by atoms with Crippen molar-refractivity contribution in [2.75, 3.05) is 33.8 Å². The fourth-order valence-electron chi connectivity index (χ4n) is 2.63. The summed E-state index contributed by atoms with van der Waals surface area (Å²) < 4.78 is 5.71. The van der Waals surface area contributed by atoms with Crippen LogP contribution in [0.4, 0.5) is 0 Å². The molecule has 0 spiro atoms. The fraction of sp³-hybridized carbons (Fsp3) is 0.500. The molecular weight excluding hydrogens is 276 g/mol. The summed E-state index contributed by atoms with van der Waals surface area (Å²) in [6, 6.07) is 7.99. The molecular formula is C18H26N2O2. The Morgan fingerprint density at radius 3 is 2.68 bits per heavy atom. The molecule has 4 nitrogen and oxygen atoms in total. The highest BCUT2D eigenvalue weighted by Crippen LogP contribution is 2.24. The maximum Gasteiger partial charge on any atom is 0.259 e. The van der Waals surface area contributed by atoms with Gasteiger partial charge in [-0.3, -0.25) is 9.69 Å². The number of carbonyl (C=O) groups is 1. The predicted molar refractivity (Wildman–Crippen MR) is 88.8 cm³/mol. The Morgan fingerprint density at radius 2 is 2.05 bits per heavy atom. The largest absolute Gasteiger partial charge is 0.483 e. The van der Waals surface area contributed by atoms with E-state index >= 15 is 0 Å². The minimum absolute atomic E-state index is 0.0263. The van der Waals surface area contributed by atoms with Gasteiger partial charge in [0.1, 0.15) is 5.75 Å². The van der Waals surface area contributed by atoms with Gasteiger partial charge < -0.3 is 9.64 Å². The first kappa shape index (κ1) is 16.6. The Balaban J connectivity index is 1.94. The van der Waals surface area contributed by atoms with Crippen LogP contribution in [-0.2, 0) is 11.3 Å². The number of hydrogen-bond donors (Lipinski definition) is 0. The van der Waals surface area contributed by atoms with Gasteiger partial charge in [-0.05, 0) is 37.9 Å². The molecule has 1 aliphatic rings. The van der Waals surface area contributed by atoms with E-state index in [1.807, 2.05) is 18.2 Å². The first-order valence-electron chi connectivity index (χ1n) is 7.86. The lowest BCUT2D eigenvalue weighted by Gasteiger charge is -2.30. The Hall–Kier alpha value is -1.81. The third-order valence-corrected chi connectivity index (χ3v) is 4.18. The van der Waals surface area contributed by atoms with Crippen LogP contribution in [0, 0.1) is 5.92 Å². The highest BCUT2D eigenvalue weighted by molar-refractivity contribution is 5.77. The molecule has 0 aliphatic carbocycles. The standard InChI is InChI=1S/C18H26N2O2/c1-4-15-9-11-20(12-10-15)13-16-7-5-6-8-17(16)22-14-18(21)19(2)3/h4-8,15H,1,9-14H2,2-3H3. The Kier molecular flexibility index (Phi) is 6.01. The number of piperidine rings is 1. The van der Waals surface area contributed by atoms with E-state index < -0.39 is 0 Å². The number of likely N-dealkylation sites (N-methyl/N-ethyl adjacent to an activating group) is 1. The van der Waals surface area contributed by atoms with Gasteiger partial charge in [0.15, 0.2) is 6.61 Å². The number of para-hydroxylation sites is 1. The minimum atomic E-state index is -0.0263. The summed E-state index contributed by atoms with van der Waals surface area (Å²) in [6.07, 6.45) is 4.42. The number of ether oxygens (including phenoxy) is 1. The molecule has 1 saturated heterocycles. The zero-order valence-electron chi connectivity index (χ0n) is 13.6. The Morgan fingerprint density at radius 1 is 1.36 bits per heavy atom. The lowest BCUT2D eigenvalue weighted by Crippen LogP contribution is -2.33. The van der Waals surface area contributed by atoms with E-state index in [2.05, 4.69) is 23.6 Å². The van der Waals surface area contributed by atoms with Gasteiger partial charge in [-0.15, -0.1) is 6.58 Å². The minimum Gasteiger partial charge on any atom is -0.483 e. The van der Waals surface area contributed by atoms with Gasteiger partial charge in [0, 0.05) is 26.2 Å². The number of benzene rings is 1. The second-order valence-electron chi connectivity index (χ2n) is 6.03. The van der Waals surface area contributed by atoms with Gasteiger partial charge in [0.05, 0.1) is 0 Å². The molecule has 2 rings (SSSR count). The van der Waals surface area contributed by atoms with E-state index in [-0.39, 0.29) is 12.5 Å². The zero-order chi connectivity index (χ0) is 15.9. The van der Waals surface area contributed by atoms with Gasteiger partial charge >= 0.3 is 0 Å². The summed E-state index contributed by atoms with van der Waals surface area (Å²) >= 11 is 0. The first-order chi connectivity index (χ1) is 10.6. The molecule has 0 unspecified atom stereocenters. The number of allylic oxidation sites excluding steroid dienone is 1. The van der Waals surface area contributed by atoms with Crippen molar-refractivity contribution in [1.29, 1.82) is 0 Å². The van der Waals surface area contributed by atoms with Crippen molar-refractivity contribution < 1.29 is 9.53 Å². The van der Waals surface area contributed by atoms with E-state index in [0.29, 0.717) is 5.92 Å². The quantitative estimate of drug-likeness (QED) is 0.757. The number of nitrogens with zero attached hydrogens (tertiary/aromatic N) is 2. The number of rotatable bonds is 6. The van der Waals surface area contributed by atoms with Crippen LogP contribution < -0.4 is 4.74 Å². The van der Waals surface area contributed by atoms with E-state index in [1.54, 1.807) is 19.0 Å². The van der Waals surface area contributed by atoms with Crippen molar-refractivity contribution in [3.63, 3.8) is 0 Å². The monoisotopic (exact) mass is 302 g/mol. The number of likely N-dealkylation sites (tertiary alicyclic amines) is 1. The summed E-state index contributed by atoms with van der Waals surface area (Å²) in [4.78, 5) is 15.7. The lowest BCUT2D eigenvalue weighted by molar-refractivity contribution is -0.130. The molecule has 1 fully saturated rings. The highest BCUT2D eigenvalue weighted by atomic mass is 16.5. The van der Waals surface area contributed by atoms with Crippen molar-refractivity contribution in [3.8, 4) is 5.75 Å². The zero-order valence-corrected chi connectivity index (χ0v) is 13.6. The first-order valence-corrected chi connectivity index (χ1v) is 7.86. The van der Waals surface area contributed by atoms with Gasteiger partial charge in [-0.2, -0.15) is 0 Å². The molecule has 0 bridgehead atoms. The smallest absolute Gasteiger partial charge is 0.259 e. The third kappa shape index (κ3) is 4.60. The van der Waals surface area contributed by atoms with Crippen molar-refractivity contribution in [2.45, 2.75) is 19.4 Å². The SMILES string of the molecule is C=CC1CCN(Cc2ccccc2OCC(=O)N(C)C)CC1. The highest BCUT2D eigenvalue weighted by Gasteiger charge is 2.18. The molecule has 1 aliphatic heterocycles. The molecule has 0 saturated carbocycles. The maximum atomic E-state index is 11.7. The van der Waals surface area contributed by atoms with Crippen molar-refractivity contribution >= 4 is 5.91 Å². The van der Waals surface area contributed by atoms with Crippen LogP contribution in [0.1, 0.15) is 18.4 Å². The summed E-state index contributed by atoms with van der Waals surface area (Å²) in [7, 11) is 3.47. The summed E-state index contributed by atoms with van der Waals surface area (Å²) in [6.45, 7) is 7.02. The van der Waals surface area contributed by atoms with Crippen LogP contribution in [0.2, 0.25) is 0 Å². The van der Waals surface area contributed by atoms with Crippen molar-refractivity contribution in [2.24, 2.45) is 5.92 Å². The van der Waals surface area contributed by atoms with Gasteiger partial charge in [0.25, 0.3) is 5.91 Å². The summed E-state index contributed by atoms with van der Waals surface area (Å²) in [5.74, 6) is 1.44. The van der Waals surface area contributed by atoms with Crippen LogP contribution in [0.5, 0.6) is 5.75 Å². The Bertz CT molecular complexity index is 506. The molecule has 120 valence electrons. The number of carbonyl (C=O) groups excluding carboxylic acids is 1. The topological polar surface area (TPSA) is 32.8 Å². The maximum absolute atomic E-state index is 11.7. The van der Waals surface area contributed by atoms with Crippen molar-refractivity contribution in [3.05, 3.63) is 42.5 Å². The van der Waals surface area contributed by atoms with Crippen LogP contribution >= 0.6 is 0 Å². The van der Waals surface area contributed by atoms with Crippen LogP contribution in [0.15, 0.2) is 36.9 Å². The molecule has 1 aromatic rings. The molecule has 4 heteroatoms. The van der Waals surface area contributed by atoms with E-state index in [9.17, 15) is 4.79 Å². The molecule has 0 aromatic heterocycles. The number of hydrogen-bond acceptors (Lipinski definition) is 3. The van der Waals surface area contributed by atoms with E-state index in [1.165, 1.54) is 12.8 Å². The second kappa shape index (κ2) is 7.99. The summed E-state index contributed by atoms with van der Waals surface area (Å²) in [5, 5.41) is 0. The molecule has 1 amide bonds.